The number of aliphatic hydroxyl groups excluding tert-OH is 1. The highest BCUT2D eigenvalue weighted by atomic mass is 16.5. The molecule has 5 nitrogen and oxygen atoms in total. The van der Waals surface area contributed by atoms with Crippen molar-refractivity contribution in [2.75, 3.05) is 14.2 Å². The van der Waals surface area contributed by atoms with Crippen molar-refractivity contribution in [1.29, 1.82) is 0 Å². The molecular weight excluding hydrogens is 294 g/mol. The van der Waals surface area contributed by atoms with Crippen LogP contribution in [0.4, 0.5) is 4.79 Å². The summed E-state index contributed by atoms with van der Waals surface area (Å²) in [5.41, 5.74) is 2.79. The number of methoxy groups -OCH3 is 2. The number of carbonyl (C=O) groups excluding carboxylic acids is 1. The van der Waals surface area contributed by atoms with Gasteiger partial charge in [-0.3, -0.25) is 0 Å². The monoisotopic (exact) mass is 311 g/mol. The van der Waals surface area contributed by atoms with Crippen LogP contribution >= 0.6 is 0 Å². The maximum atomic E-state index is 12.3. The van der Waals surface area contributed by atoms with E-state index in [4.69, 9.17) is 9.47 Å². The zero-order valence-corrected chi connectivity index (χ0v) is 12.9. The molecule has 0 aliphatic heterocycles. The number of rotatable bonds is 3. The van der Waals surface area contributed by atoms with Gasteiger partial charge in [-0.05, 0) is 23.8 Å². The predicted molar refractivity (Wildman–Crippen MR) is 87.7 cm³/mol. The minimum atomic E-state index is -0.501. The number of aliphatic hydroxyl groups is 1. The Morgan fingerprint density at radius 2 is 1.87 bits per heavy atom. The molecule has 0 radical (unpaired) electrons. The van der Waals surface area contributed by atoms with Crippen molar-refractivity contribution in [3.05, 3.63) is 54.1 Å². The van der Waals surface area contributed by atoms with E-state index in [0.29, 0.717) is 22.5 Å². The van der Waals surface area contributed by atoms with Crippen molar-refractivity contribution in [3.8, 4) is 17.0 Å². The van der Waals surface area contributed by atoms with Crippen LogP contribution in [0.25, 0.3) is 22.2 Å². The van der Waals surface area contributed by atoms with Gasteiger partial charge in [0, 0.05) is 10.9 Å². The van der Waals surface area contributed by atoms with E-state index in [1.807, 2.05) is 36.4 Å². The minimum Gasteiger partial charge on any atom is -0.497 e. The molecule has 5 heteroatoms. The van der Waals surface area contributed by atoms with Crippen LogP contribution in [0.5, 0.6) is 5.75 Å². The van der Waals surface area contributed by atoms with Crippen molar-refractivity contribution in [2.24, 2.45) is 0 Å². The van der Waals surface area contributed by atoms with Crippen molar-refractivity contribution in [2.45, 2.75) is 6.61 Å². The lowest BCUT2D eigenvalue weighted by molar-refractivity contribution is 0.174. The quantitative estimate of drug-likeness (QED) is 0.805. The standard InChI is InChI=1S/C18H17NO4/c1-22-13-8-9-16-14(10-13)15(11-20)17(19(16)18(21)23-2)12-6-4-3-5-7-12/h3-10,20H,11H2,1-2H3. The predicted octanol–water partition coefficient (Wildman–Crippen LogP) is 3.42. The third-order valence-corrected chi connectivity index (χ3v) is 3.84. The third kappa shape index (κ3) is 2.45. The molecule has 3 aromatic rings. The van der Waals surface area contributed by atoms with E-state index in [1.54, 1.807) is 19.2 Å². The van der Waals surface area contributed by atoms with Crippen LogP contribution in [0.1, 0.15) is 5.56 Å². The van der Waals surface area contributed by atoms with Crippen LogP contribution in [-0.4, -0.2) is 30.0 Å². The summed E-state index contributed by atoms with van der Waals surface area (Å²) < 4.78 is 11.7. The number of nitrogens with zero attached hydrogens (tertiary/aromatic N) is 1. The molecule has 3 rings (SSSR count). The van der Waals surface area contributed by atoms with Crippen LogP contribution in [-0.2, 0) is 11.3 Å². The van der Waals surface area contributed by atoms with Gasteiger partial charge in [-0.25, -0.2) is 9.36 Å². The molecule has 0 amide bonds. The van der Waals surface area contributed by atoms with E-state index in [9.17, 15) is 9.90 Å². The Labute approximate surface area is 133 Å². The van der Waals surface area contributed by atoms with Gasteiger partial charge in [0.05, 0.1) is 32.0 Å². The maximum Gasteiger partial charge on any atom is 0.418 e. The van der Waals surface area contributed by atoms with Gasteiger partial charge in [-0.15, -0.1) is 0 Å². The Balaban J connectivity index is 2.42. The molecule has 0 aliphatic carbocycles. The second kappa shape index (κ2) is 6.14. The van der Waals surface area contributed by atoms with E-state index < -0.39 is 6.09 Å². The summed E-state index contributed by atoms with van der Waals surface area (Å²) >= 11 is 0. The second-order valence-corrected chi connectivity index (χ2v) is 5.04. The first-order valence-corrected chi connectivity index (χ1v) is 7.17. The first kappa shape index (κ1) is 15.1. The van der Waals surface area contributed by atoms with Gasteiger partial charge in [0.25, 0.3) is 0 Å². The molecular formula is C18H17NO4. The molecule has 0 atom stereocenters. The highest BCUT2D eigenvalue weighted by molar-refractivity contribution is 6.00. The van der Waals surface area contributed by atoms with Gasteiger partial charge >= 0.3 is 6.09 Å². The average Bonchev–Trinajstić information content (AvgIpc) is 2.95. The Morgan fingerprint density at radius 3 is 2.48 bits per heavy atom. The fourth-order valence-electron chi connectivity index (χ4n) is 2.80. The zero-order chi connectivity index (χ0) is 16.4. The number of hydrogen-bond acceptors (Lipinski definition) is 4. The van der Waals surface area contributed by atoms with Gasteiger partial charge < -0.3 is 14.6 Å². The van der Waals surface area contributed by atoms with Gasteiger partial charge in [0.15, 0.2) is 0 Å². The lowest BCUT2D eigenvalue weighted by atomic mass is 10.1. The lowest BCUT2D eigenvalue weighted by Gasteiger charge is -2.09. The van der Waals surface area contributed by atoms with E-state index >= 15 is 0 Å². The minimum absolute atomic E-state index is 0.197. The SMILES string of the molecule is COC(=O)n1c(-c2ccccc2)c(CO)c2cc(OC)ccc21. The molecule has 0 saturated heterocycles. The van der Waals surface area contributed by atoms with Crippen LogP contribution < -0.4 is 4.74 Å². The number of fused-ring (bicyclic) bond motifs is 1. The topological polar surface area (TPSA) is 60.7 Å². The van der Waals surface area contributed by atoms with Crippen molar-refractivity contribution < 1.29 is 19.4 Å². The number of aromatic nitrogens is 1. The third-order valence-electron chi connectivity index (χ3n) is 3.84. The molecule has 0 fully saturated rings. The molecule has 2 aromatic carbocycles. The summed E-state index contributed by atoms with van der Waals surface area (Å²) in [6.45, 7) is -0.197. The largest absolute Gasteiger partial charge is 0.497 e. The fraction of sp³-hybridized carbons (Fsp3) is 0.167. The van der Waals surface area contributed by atoms with Crippen molar-refractivity contribution in [3.63, 3.8) is 0 Å². The van der Waals surface area contributed by atoms with E-state index in [1.165, 1.54) is 11.7 Å². The molecule has 0 saturated carbocycles. The smallest absolute Gasteiger partial charge is 0.418 e. The molecule has 0 spiro atoms. The van der Waals surface area contributed by atoms with Gasteiger partial charge in [-0.2, -0.15) is 0 Å². The van der Waals surface area contributed by atoms with E-state index in [-0.39, 0.29) is 6.61 Å². The highest BCUT2D eigenvalue weighted by Crippen LogP contribution is 2.35. The molecule has 1 N–H and O–H groups in total. The molecule has 1 heterocycles. The zero-order valence-electron chi connectivity index (χ0n) is 12.9. The number of benzene rings is 2. The number of hydrogen-bond donors (Lipinski definition) is 1. The molecule has 118 valence electrons. The number of ether oxygens (including phenoxy) is 2. The Hall–Kier alpha value is -2.79. The first-order valence-electron chi connectivity index (χ1n) is 7.17. The Morgan fingerprint density at radius 1 is 1.13 bits per heavy atom. The molecule has 0 unspecified atom stereocenters. The van der Waals surface area contributed by atoms with Crippen LogP contribution in [0.2, 0.25) is 0 Å². The van der Waals surface area contributed by atoms with E-state index in [0.717, 1.165) is 10.9 Å². The summed E-state index contributed by atoms with van der Waals surface area (Å²) in [5.74, 6) is 0.661. The summed E-state index contributed by atoms with van der Waals surface area (Å²) in [5, 5.41) is 10.7. The van der Waals surface area contributed by atoms with E-state index in [2.05, 4.69) is 0 Å². The summed E-state index contributed by atoms with van der Waals surface area (Å²) in [6, 6.07) is 14.8. The van der Waals surface area contributed by atoms with Crippen molar-refractivity contribution in [1.82, 2.24) is 4.57 Å². The Bertz CT molecular complexity index is 852. The average molecular weight is 311 g/mol. The van der Waals surface area contributed by atoms with Gasteiger partial charge in [0.1, 0.15) is 5.75 Å². The lowest BCUT2D eigenvalue weighted by Crippen LogP contribution is -2.12. The van der Waals surface area contributed by atoms with Crippen molar-refractivity contribution >= 4 is 17.0 Å². The van der Waals surface area contributed by atoms with Gasteiger partial charge in [0.2, 0.25) is 0 Å². The van der Waals surface area contributed by atoms with Gasteiger partial charge in [-0.1, -0.05) is 30.3 Å². The van der Waals surface area contributed by atoms with Crippen LogP contribution in [0.3, 0.4) is 0 Å². The molecule has 23 heavy (non-hydrogen) atoms. The number of carbonyl (C=O) groups is 1. The van der Waals surface area contributed by atoms with Crippen LogP contribution in [0.15, 0.2) is 48.5 Å². The molecule has 0 bridgehead atoms. The second-order valence-electron chi connectivity index (χ2n) is 5.04. The first-order chi connectivity index (χ1) is 11.2. The fourth-order valence-corrected chi connectivity index (χ4v) is 2.80. The summed E-state index contributed by atoms with van der Waals surface area (Å²) in [6.07, 6.45) is -0.501. The summed E-state index contributed by atoms with van der Waals surface area (Å²) in [7, 11) is 2.92. The molecule has 0 aliphatic rings. The maximum absolute atomic E-state index is 12.3. The van der Waals surface area contributed by atoms with Crippen LogP contribution in [0, 0.1) is 0 Å². The normalized spacial score (nSPS) is 10.7. The summed E-state index contributed by atoms with van der Waals surface area (Å²) in [4.78, 5) is 12.3. The Kier molecular flexibility index (Phi) is 4.04. The molecule has 1 aromatic heterocycles. The highest BCUT2D eigenvalue weighted by Gasteiger charge is 2.22.